The van der Waals surface area contributed by atoms with E-state index in [0.29, 0.717) is 23.1 Å². The first-order valence-electron chi connectivity index (χ1n) is 12.4. The number of nitrogens with zero attached hydrogens (tertiary/aromatic N) is 3. The van der Waals surface area contributed by atoms with Crippen LogP contribution in [0.5, 0.6) is 0 Å². The van der Waals surface area contributed by atoms with Crippen molar-refractivity contribution in [2.24, 2.45) is 4.99 Å². The highest BCUT2D eigenvalue weighted by molar-refractivity contribution is 8.15. The Bertz CT molecular complexity index is 1310. The SMILES string of the molecule is CN(C)S(=O)(=O)c1cccc(N=C2SC(CC(=O)Nc3ccccc3)C(=O)N2CCC2=CCCCC2)c1. The van der Waals surface area contributed by atoms with Crippen molar-refractivity contribution < 1.29 is 18.0 Å². The molecule has 1 N–H and O–H groups in total. The van der Waals surface area contributed by atoms with Crippen molar-refractivity contribution in [3.63, 3.8) is 0 Å². The fraction of sp³-hybridized carbons (Fsp3) is 0.370. The number of anilines is 1. The molecule has 1 heterocycles. The minimum Gasteiger partial charge on any atom is -0.326 e. The van der Waals surface area contributed by atoms with Gasteiger partial charge in [0.05, 0.1) is 10.6 Å². The predicted molar refractivity (Wildman–Crippen MR) is 148 cm³/mol. The summed E-state index contributed by atoms with van der Waals surface area (Å²) in [6.45, 7) is 0.475. The number of aliphatic imine (C=N–C) groups is 1. The second-order valence-electron chi connectivity index (χ2n) is 9.25. The number of nitrogens with one attached hydrogen (secondary N) is 1. The van der Waals surface area contributed by atoms with Crippen molar-refractivity contribution in [2.75, 3.05) is 26.0 Å². The van der Waals surface area contributed by atoms with Gasteiger partial charge in [-0.15, -0.1) is 0 Å². The van der Waals surface area contributed by atoms with Gasteiger partial charge in [0, 0.05) is 32.7 Å². The Hall–Kier alpha value is -2.95. The summed E-state index contributed by atoms with van der Waals surface area (Å²) in [5.41, 5.74) is 2.46. The first-order chi connectivity index (χ1) is 17.7. The number of allylic oxidation sites excluding steroid dienone is 1. The topological polar surface area (TPSA) is 99.1 Å². The molecule has 0 radical (unpaired) electrons. The van der Waals surface area contributed by atoms with Crippen LogP contribution in [0.1, 0.15) is 38.5 Å². The van der Waals surface area contributed by atoms with E-state index >= 15 is 0 Å². The Balaban J connectivity index is 1.56. The summed E-state index contributed by atoms with van der Waals surface area (Å²) in [7, 11) is -0.665. The summed E-state index contributed by atoms with van der Waals surface area (Å²) >= 11 is 1.25. The average molecular weight is 541 g/mol. The smallest absolute Gasteiger partial charge is 0.242 e. The van der Waals surface area contributed by atoms with Gasteiger partial charge in [0.2, 0.25) is 21.8 Å². The van der Waals surface area contributed by atoms with Gasteiger partial charge in [-0.05, 0) is 62.4 Å². The van der Waals surface area contributed by atoms with Crippen LogP contribution in [0.25, 0.3) is 0 Å². The van der Waals surface area contributed by atoms with Crippen molar-refractivity contribution >= 4 is 50.1 Å². The number of amides is 2. The Labute approximate surface area is 222 Å². The quantitative estimate of drug-likeness (QED) is 0.461. The number of benzene rings is 2. The Kier molecular flexibility index (Phi) is 8.83. The zero-order chi connectivity index (χ0) is 26.4. The van der Waals surface area contributed by atoms with E-state index in [1.165, 1.54) is 50.0 Å². The molecule has 2 aliphatic rings. The zero-order valence-corrected chi connectivity index (χ0v) is 22.7. The van der Waals surface area contributed by atoms with Crippen molar-refractivity contribution in [1.29, 1.82) is 0 Å². The molecule has 2 aromatic carbocycles. The van der Waals surface area contributed by atoms with E-state index in [2.05, 4.69) is 16.4 Å². The summed E-state index contributed by atoms with van der Waals surface area (Å²) in [5, 5.41) is 2.73. The van der Waals surface area contributed by atoms with Gasteiger partial charge >= 0.3 is 0 Å². The van der Waals surface area contributed by atoms with Crippen LogP contribution in [0.4, 0.5) is 11.4 Å². The minimum atomic E-state index is -3.62. The highest BCUT2D eigenvalue weighted by Gasteiger charge is 2.39. The number of sulfonamides is 1. The lowest BCUT2D eigenvalue weighted by Gasteiger charge is -2.19. The number of hydrogen-bond donors (Lipinski definition) is 1. The molecule has 1 unspecified atom stereocenters. The molecular weight excluding hydrogens is 508 g/mol. The summed E-state index contributed by atoms with van der Waals surface area (Å²) in [6.07, 6.45) is 7.48. The van der Waals surface area contributed by atoms with Gasteiger partial charge in [-0.1, -0.05) is 47.7 Å². The molecule has 0 spiro atoms. The van der Waals surface area contributed by atoms with Gasteiger partial charge in [-0.3, -0.25) is 14.5 Å². The summed E-state index contributed by atoms with van der Waals surface area (Å²) in [6, 6.07) is 15.5. The Morgan fingerprint density at radius 1 is 1.14 bits per heavy atom. The second-order valence-corrected chi connectivity index (χ2v) is 12.6. The first kappa shape index (κ1) is 27.1. The van der Waals surface area contributed by atoms with E-state index in [0.717, 1.165) is 30.0 Å². The van der Waals surface area contributed by atoms with Gasteiger partial charge in [0.1, 0.15) is 5.25 Å². The van der Waals surface area contributed by atoms with Gasteiger partial charge in [-0.25, -0.2) is 17.7 Å². The summed E-state index contributed by atoms with van der Waals surface area (Å²) in [4.78, 5) is 32.6. The van der Waals surface area contributed by atoms with Crippen LogP contribution in [0.3, 0.4) is 0 Å². The Morgan fingerprint density at radius 2 is 1.92 bits per heavy atom. The van der Waals surface area contributed by atoms with Gasteiger partial charge in [-0.2, -0.15) is 0 Å². The van der Waals surface area contributed by atoms with Crippen LogP contribution in [0.15, 0.2) is 76.1 Å². The summed E-state index contributed by atoms with van der Waals surface area (Å²) < 4.78 is 26.3. The normalized spacial score (nSPS) is 19.4. The van der Waals surface area contributed by atoms with E-state index in [9.17, 15) is 18.0 Å². The van der Waals surface area contributed by atoms with E-state index in [1.807, 2.05) is 18.2 Å². The highest BCUT2D eigenvalue weighted by atomic mass is 32.2. The molecule has 1 atom stereocenters. The van der Waals surface area contributed by atoms with Crippen LogP contribution >= 0.6 is 11.8 Å². The maximum Gasteiger partial charge on any atom is 0.242 e. The van der Waals surface area contributed by atoms with Crippen molar-refractivity contribution in [2.45, 2.75) is 48.7 Å². The highest BCUT2D eigenvalue weighted by Crippen LogP contribution is 2.33. The van der Waals surface area contributed by atoms with Crippen LogP contribution in [-0.2, 0) is 19.6 Å². The van der Waals surface area contributed by atoms with Gasteiger partial charge in [0.15, 0.2) is 5.17 Å². The number of rotatable bonds is 9. The molecule has 1 saturated heterocycles. The lowest BCUT2D eigenvalue weighted by molar-refractivity contribution is -0.128. The molecule has 4 rings (SSSR count). The molecule has 1 aliphatic heterocycles. The molecule has 10 heteroatoms. The zero-order valence-electron chi connectivity index (χ0n) is 21.1. The van der Waals surface area contributed by atoms with Crippen LogP contribution in [-0.4, -0.2) is 60.5 Å². The number of thioether (sulfide) groups is 1. The molecule has 0 saturated carbocycles. The number of carbonyl (C=O) groups is 2. The molecule has 37 heavy (non-hydrogen) atoms. The van der Waals surface area contributed by atoms with Gasteiger partial charge in [0.25, 0.3) is 0 Å². The monoisotopic (exact) mass is 540 g/mol. The van der Waals surface area contributed by atoms with Crippen LogP contribution < -0.4 is 5.32 Å². The third-order valence-corrected chi connectivity index (χ3v) is 9.30. The molecule has 8 nitrogen and oxygen atoms in total. The van der Waals surface area contributed by atoms with E-state index < -0.39 is 15.3 Å². The second kappa shape index (κ2) is 12.1. The lowest BCUT2D eigenvalue weighted by atomic mass is 9.97. The van der Waals surface area contributed by atoms with Crippen molar-refractivity contribution in [3.05, 3.63) is 66.2 Å². The standard InChI is InChI=1S/C27H32N4O4S2/c1-30(2)37(34,35)23-15-9-14-22(18-23)29-27-31(17-16-20-10-5-3-6-11-20)26(33)24(36-27)19-25(32)28-21-12-7-4-8-13-21/h4,7-10,12-15,18,24H,3,5-6,11,16-17,19H2,1-2H3,(H,28,32). The number of carbonyl (C=O) groups excluding carboxylic acids is 2. The molecule has 196 valence electrons. The lowest BCUT2D eigenvalue weighted by Crippen LogP contribution is -2.34. The van der Waals surface area contributed by atoms with Crippen molar-refractivity contribution in [3.8, 4) is 0 Å². The third-order valence-electron chi connectivity index (χ3n) is 6.31. The van der Waals surface area contributed by atoms with E-state index in [1.54, 1.807) is 29.2 Å². The van der Waals surface area contributed by atoms with Crippen LogP contribution in [0, 0.1) is 0 Å². The van der Waals surface area contributed by atoms with E-state index in [-0.39, 0.29) is 23.1 Å². The fourth-order valence-electron chi connectivity index (χ4n) is 4.25. The molecule has 1 aliphatic carbocycles. The number of para-hydroxylation sites is 1. The largest absolute Gasteiger partial charge is 0.326 e. The first-order valence-corrected chi connectivity index (χ1v) is 14.7. The van der Waals surface area contributed by atoms with Crippen molar-refractivity contribution in [1.82, 2.24) is 9.21 Å². The minimum absolute atomic E-state index is 0.0195. The molecule has 2 amide bonds. The molecule has 0 aromatic heterocycles. The number of hydrogen-bond acceptors (Lipinski definition) is 6. The average Bonchev–Trinajstić information content (AvgIpc) is 3.17. The Morgan fingerprint density at radius 3 is 2.62 bits per heavy atom. The molecular formula is C27H32N4O4S2. The predicted octanol–water partition coefficient (Wildman–Crippen LogP) is 4.79. The van der Waals surface area contributed by atoms with Gasteiger partial charge < -0.3 is 5.32 Å². The van der Waals surface area contributed by atoms with Crippen LogP contribution in [0.2, 0.25) is 0 Å². The fourth-order valence-corrected chi connectivity index (χ4v) is 6.38. The summed E-state index contributed by atoms with van der Waals surface area (Å²) in [5.74, 6) is -0.396. The maximum absolute atomic E-state index is 13.4. The molecule has 2 aromatic rings. The van der Waals surface area contributed by atoms with E-state index in [4.69, 9.17) is 0 Å². The maximum atomic E-state index is 13.4. The third kappa shape index (κ3) is 6.88. The number of amidine groups is 1. The molecule has 1 fully saturated rings. The molecule has 0 bridgehead atoms.